The van der Waals surface area contributed by atoms with Gasteiger partial charge in [0, 0.05) is 35.5 Å². The largest absolute Gasteiger partial charge is 0.342 e. The first-order valence-corrected chi connectivity index (χ1v) is 11.2. The van der Waals surface area contributed by atoms with Gasteiger partial charge >= 0.3 is 0 Å². The predicted molar refractivity (Wildman–Crippen MR) is 113 cm³/mol. The Balaban J connectivity index is 1.43. The van der Waals surface area contributed by atoms with Crippen molar-refractivity contribution in [3.05, 3.63) is 42.7 Å². The molecular weight excluding hydrogens is 374 g/mol. The first-order chi connectivity index (χ1) is 13.2. The van der Waals surface area contributed by atoms with Gasteiger partial charge in [-0.25, -0.2) is 9.97 Å². The van der Waals surface area contributed by atoms with Crippen LogP contribution in [-0.4, -0.2) is 39.6 Å². The van der Waals surface area contributed by atoms with Crippen molar-refractivity contribution < 1.29 is 4.79 Å². The zero-order chi connectivity index (χ0) is 18.6. The van der Waals surface area contributed by atoms with Gasteiger partial charge in [-0.05, 0) is 30.4 Å². The molecule has 1 unspecified atom stereocenters. The highest BCUT2D eigenvalue weighted by Gasteiger charge is 2.20. The fraction of sp³-hybridized carbons (Fsp3) is 0.381. The zero-order valence-electron chi connectivity index (χ0n) is 15.4. The SMILES string of the molecule is CC1CCCN(C(=O)CCSc2ncnc3sc(-c4ccccc4)cc23)C1. The van der Waals surface area contributed by atoms with E-state index in [1.807, 2.05) is 23.1 Å². The molecule has 1 atom stereocenters. The lowest BCUT2D eigenvalue weighted by molar-refractivity contribution is -0.132. The molecule has 0 bridgehead atoms. The molecule has 27 heavy (non-hydrogen) atoms. The van der Waals surface area contributed by atoms with Crippen LogP contribution in [0.25, 0.3) is 20.7 Å². The maximum atomic E-state index is 12.5. The number of rotatable bonds is 5. The highest BCUT2D eigenvalue weighted by Crippen LogP contribution is 2.36. The zero-order valence-corrected chi connectivity index (χ0v) is 17.1. The van der Waals surface area contributed by atoms with Crippen molar-refractivity contribution in [1.82, 2.24) is 14.9 Å². The molecule has 1 amide bonds. The summed E-state index contributed by atoms with van der Waals surface area (Å²) < 4.78 is 0. The van der Waals surface area contributed by atoms with E-state index in [0.29, 0.717) is 12.3 Å². The molecule has 2 aromatic heterocycles. The monoisotopic (exact) mass is 397 g/mol. The summed E-state index contributed by atoms with van der Waals surface area (Å²) in [5, 5.41) is 2.06. The maximum Gasteiger partial charge on any atom is 0.223 e. The third-order valence-corrected chi connectivity index (χ3v) is 7.01. The molecule has 6 heteroatoms. The molecule has 0 saturated carbocycles. The Labute approximate surface area is 168 Å². The lowest BCUT2D eigenvalue weighted by Crippen LogP contribution is -2.39. The third kappa shape index (κ3) is 4.33. The van der Waals surface area contributed by atoms with Gasteiger partial charge in [-0.1, -0.05) is 37.3 Å². The molecule has 0 N–H and O–H groups in total. The van der Waals surface area contributed by atoms with E-state index in [1.165, 1.54) is 16.9 Å². The van der Waals surface area contributed by atoms with Crippen molar-refractivity contribution >= 4 is 39.2 Å². The highest BCUT2D eigenvalue weighted by atomic mass is 32.2. The number of piperidine rings is 1. The first kappa shape index (κ1) is 18.4. The summed E-state index contributed by atoms with van der Waals surface area (Å²) in [6.45, 7) is 4.05. The summed E-state index contributed by atoms with van der Waals surface area (Å²) in [6.07, 6.45) is 4.56. The lowest BCUT2D eigenvalue weighted by Gasteiger charge is -2.31. The number of hydrogen-bond donors (Lipinski definition) is 0. The Morgan fingerprint density at radius 1 is 1.30 bits per heavy atom. The lowest BCUT2D eigenvalue weighted by atomic mass is 10.0. The van der Waals surface area contributed by atoms with Gasteiger partial charge in [0.2, 0.25) is 5.91 Å². The quantitative estimate of drug-likeness (QED) is 0.444. The van der Waals surface area contributed by atoms with Gasteiger partial charge in [-0.15, -0.1) is 23.1 Å². The van der Waals surface area contributed by atoms with Crippen molar-refractivity contribution in [1.29, 1.82) is 0 Å². The van der Waals surface area contributed by atoms with Crippen LogP contribution < -0.4 is 0 Å². The third-order valence-electron chi connectivity index (χ3n) is 4.92. The van der Waals surface area contributed by atoms with Gasteiger partial charge in [-0.3, -0.25) is 4.79 Å². The molecule has 1 aromatic carbocycles. The number of hydrogen-bond acceptors (Lipinski definition) is 5. The summed E-state index contributed by atoms with van der Waals surface area (Å²) in [7, 11) is 0. The first-order valence-electron chi connectivity index (χ1n) is 9.41. The molecule has 140 valence electrons. The van der Waals surface area contributed by atoms with E-state index in [2.05, 4.69) is 35.1 Å². The number of amides is 1. The second-order valence-corrected chi connectivity index (χ2v) is 9.17. The van der Waals surface area contributed by atoms with Crippen LogP contribution in [0.1, 0.15) is 26.2 Å². The van der Waals surface area contributed by atoms with Crippen LogP contribution in [0.5, 0.6) is 0 Å². The number of aromatic nitrogens is 2. The predicted octanol–water partition coefficient (Wildman–Crippen LogP) is 5.10. The molecule has 1 aliphatic heterocycles. The van der Waals surface area contributed by atoms with Crippen LogP contribution in [0.4, 0.5) is 0 Å². The van der Waals surface area contributed by atoms with E-state index in [-0.39, 0.29) is 5.91 Å². The van der Waals surface area contributed by atoms with Crippen molar-refractivity contribution in [3.8, 4) is 10.4 Å². The Morgan fingerprint density at radius 2 is 2.15 bits per heavy atom. The minimum atomic E-state index is 0.273. The van der Waals surface area contributed by atoms with Crippen LogP contribution in [0.15, 0.2) is 47.8 Å². The van der Waals surface area contributed by atoms with E-state index >= 15 is 0 Å². The number of fused-ring (bicyclic) bond motifs is 1. The number of carbonyl (C=O) groups is 1. The molecule has 3 heterocycles. The Bertz CT molecular complexity index is 926. The summed E-state index contributed by atoms with van der Waals surface area (Å²) in [5.41, 5.74) is 1.20. The van der Waals surface area contributed by atoms with Crippen molar-refractivity contribution in [2.24, 2.45) is 5.92 Å². The number of likely N-dealkylation sites (tertiary alicyclic amines) is 1. The average Bonchev–Trinajstić information content (AvgIpc) is 3.14. The van der Waals surface area contributed by atoms with E-state index in [9.17, 15) is 4.79 Å². The molecule has 1 saturated heterocycles. The van der Waals surface area contributed by atoms with Gasteiger partial charge in [0.25, 0.3) is 0 Å². The molecule has 4 nitrogen and oxygen atoms in total. The van der Waals surface area contributed by atoms with E-state index in [0.717, 1.165) is 40.5 Å². The summed E-state index contributed by atoms with van der Waals surface area (Å²) in [4.78, 5) is 25.6. The molecular formula is C21H23N3OS2. The highest BCUT2D eigenvalue weighted by molar-refractivity contribution is 7.99. The average molecular weight is 398 g/mol. The summed E-state index contributed by atoms with van der Waals surface area (Å²) in [5.74, 6) is 1.65. The number of carbonyl (C=O) groups excluding carboxylic acids is 1. The second-order valence-electron chi connectivity index (χ2n) is 7.06. The van der Waals surface area contributed by atoms with Crippen LogP contribution >= 0.6 is 23.1 Å². The summed E-state index contributed by atoms with van der Waals surface area (Å²) in [6, 6.07) is 12.5. The minimum Gasteiger partial charge on any atom is -0.342 e. The topological polar surface area (TPSA) is 46.1 Å². The number of benzene rings is 1. The molecule has 0 radical (unpaired) electrons. The fourth-order valence-electron chi connectivity index (χ4n) is 3.50. The molecule has 1 aliphatic rings. The van der Waals surface area contributed by atoms with Gasteiger partial charge in [0.05, 0.1) is 0 Å². The number of thioether (sulfide) groups is 1. The van der Waals surface area contributed by atoms with E-state index in [4.69, 9.17) is 0 Å². The van der Waals surface area contributed by atoms with Crippen molar-refractivity contribution in [3.63, 3.8) is 0 Å². The van der Waals surface area contributed by atoms with E-state index in [1.54, 1.807) is 29.4 Å². The van der Waals surface area contributed by atoms with Gasteiger partial charge in [-0.2, -0.15) is 0 Å². The molecule has 4 rings (SSSR count). The van der Waals surface area contributed by atoms with Gasteiger partial charge in [0.15, 0.2) is 0 Å². The van der Waals surface area contributed by atoms with Crippen LogP contribution in [-0.2, 0) is 4.79 Å². The normalized spacial score (nSPS) is 17.4. The van der Waals surface area contributed by atoms with Crippen LogP contribution in [0.2, 0.25) is 0 Å². The van der Waals surface area contributed by atoms with E-state index < -0.39 is 0 Å². The molecule has 3 aromatic rings. The fourth-order valence-corrected chi connectivity index (χ4v) is 5.47. The van der Waals surface area contributed by atoms with Crippen LogP contribution in [0.3, 0.4) is 0 Å². The maximum absolute atomic E-state index is 12.5. The molecule has 0 spiro atoms. The smallest absolute Gasteiger partial charge is 0.223 e. The number of thiophene rings is 1. The molecule has 0 aliphatic carbocycles. The standard InChI is InChI=1S/C21H23N3OS2/c1-15-6-5-10-24(13-15)19(25)9-11-26-20-17-12-18(16-7-3-2-4-8-16)27-21(17)23-14-22-20/h2-4,7-8,12,14-15H,5-6,9-11,13H2,1H3. The Kier molecular flexibility index (Phi) is 5.74. The Hall–Kier alpha value is -1.92. The summed E-state index contributed by atoms with van der Waals surface area (Å²) >= 11 is 3.35. The van der Waals surface area contributed by atoms with Crippen molar-refractivity contribution in [2.75, 3.05) is 18.8 Å². The molecule has 1 fully saturated rings. The second kappa shape index (κ2) is 8.40. The number of nitrogens with zero attached hydrogens (tertiary/aromatic N) is 3. The Morgan fingerprint density at radius 3 is 2.96 bits per heavy atom. The van der Waals surface area contributed by atoms with Crippen molar-refractivity contribution in [2.45, 2.75) is 31.2 Å². The van der Waals surface area contributed by atoms with Gasteiger partial charge < -0.3 is 4.90 Å². The van der Waals surface area contributed by atoms with Crippen LogP contribution in [0, 0.1) is 5.92 Å². The minimum absolute atomic E-state index is 0.273. The van der Waals surface area contributed by atoms with Gasteiger partial charge in [0.1, 0.15) is 16.2 Å².